The molecule has 25 heavy (non-hydrogen) atoms. The first-order valence-electron chi connectivity index (χ1n) is 7.29. The average Bonchev–Trinajstić information content (AvgIpc) is 3.12. The number of aromatic amines is 1. The van der Waals surface area contributed by atoms with E-state index < -0.39 is 12.1 Å². The molecule has 4 heterocycles. The van der Waals surface area contributed by atoms with E-state index in [9.17, 15) is 9.59 Å². The van der Waals surface area contributed by atoms with Crippen LogP contribution < -0.4 is 0 Å². The van der Waals surface area contributed by atoms with Crippen LogP contribution in [-0.2, 0) is 4.79 Å². The average molecular weight is 423 g/mol. The first kappa shape index (κ1) is 16.2. The Bertz CT molecular complexity index is 998. The molecule has 128 valence electrons. The van der Waals surface area contributed by atoms with Gasteiger partial charge in [0.15, 0.2) is 10.8 Å². The zero-order valence-corrected chi connectivity index (χ0v) is 15.9. The standard InChI is InChI=1S/C14H13BrN7O2S/c1-20-8-10(21(2)14(24)22(3)11(8)23)19-13(20)25-12-17-7-4-6(15)5-16-9(7)18-12/h4-5,8H,1-3H3,(H,16,17,18)/q+1. The van der Waals surface area contributed by atoms with Gasteiger partial charge in [-0.2, -0.15) is 0 Å². The summed E-state index contributed by atoms with van der Waals surface area (Å²) in [5.41, 5.74) is 1.39. The summed E-state index contributed by atoms with van der Waals surface area (Å²) >= 11 is 4.66. The van der Waals surface area contributed by atoms with E-state index in [1.807, 2.05) is 6.07 Å². The Morgan fingerprint density at radius 1 is 1.32 bits per heavy atom. The van der Waals surface area contributed by atoms with E-state index in [4.69, 9.17) is 0 Å². The van der Waals surface area contributed by atoms with Gasteiger partial charge in [-0.1, -0.05) is 0 Å². The number of urea groups is 1. The number of imide groups is 1. The van der Waals surface area contributed by atoms with Crippen molar-refractivity contribution < 1.29 is 14.2 Å². The van der Waals surface area contributed by atoms with Gasteiger partial charge in [0.05, 0.1) is 12.6 Å². The highest BCUT2D eigenvalue weighted by atomic mass is 79.9. The Labute approximate surface area is 155 Å². The number of H-pyrrole nitrogens is 1. The largest absolute Gasteiger partial charge is 0.365 e. The van der Waals surface area contributed by atoms with E-state index >= 15 is 0 Å². The summed E-state index contributed by atoms with van der Waals surface area (Å²) in [4.78, 5) is 43.3. The molecule has 3 amide bonds. The molecule has 0 aliphatic carbocycles. The number of hydrogen-bond acceptors (Lipinski definition) is 6. The topological polar surface area (TPSA) is 97.6 Å². The number of aromatic nitrogens is 3. The van der Waals surface area contributed by atoms with Crippen molar-refractivity contribution in [3.8, 4) is 0 Å². The molecule has 0 spiro atoms. The van der Waals surface area contributed by atoms with Crippen LogP contribution in [0.2, 0.25) is 0 Å². The third-order valence-electron chi connectivity index (χ3n) is 4.10. The van der Waals surface area contributed by atoms with E-state index in [1.165, 1.54) is 23.7 Å². The summed E-state index contributed by atoms with van der Waals surface area (Å²) in [5.74, 6) is 0.130. The Balaban J connectivity index is 1.70. The van der Waals surface area contributed by atoms with Crippen molar-refractivity contribution in [2.45, 2.75) is 11.2 Å². The number of carbonyl (C=O) groups excluding carboxylic acids is 2. The third kappa shape index (κ3) is 2.45. The van der Waals surface area contributed by atoms with Crippen molar-refractivity contribution in [1.82, 2.24) is 24.8 Å². The van der Waals surface area contributed by atoms with E-state index in [2.05, 4.69) is 35.9 Å². The minimum Gasteiger partial charge on any atom is -0.331 e. The Hall–Kier alpha value is -2.27. The molecule has 2 aromatic rings. The fourth-order valence-electron chi connectivity index (χ4n) is 2.74. The second kappa shape index (κ2) is 5.63. The molecule has 0 bridgehead atoms. The van der Waals surface area contributed by atoms with Crippen LogP contribution in [-0.4, -0.2) is 79.5 Å². The second-order valence-electron chi connectivity index (χ2n) is 5.67. The van der Waals surface area contributed by atoms with Gasteiger partial charge in [0, 0.05) is 36.5 Å². The molecule has 4 rings (SSSR count). The number of hydrogen-bond donors (Lipinski definition) is 1. The molecule has 2 aliphatic heterocycles. The molecule has 1 fully saturated rings. The summed E-state index contributed by atoms with van der Waals surface area (Å²) in [5, 5.41) is 1.20. The van der Waals surface area contributed by atoms with Gasteiger partial charge >= 0.3 is 11.2 Å². The summed E-state index contributed by atoms with van der Waals surface area (Å²) < 4.78 is 2.60. The van der Waals surface area contributed by atoms with Gasteiger partial charge in [-0.05, 0) is 27.0 Å². The molecule has 2 aliphatic rings. The van der Waals surface area contributed by atoms with Crippen molar-refractivity contribution in [2.24, 2.45) is 4.99 Å². The quantitative estimate of drug-likeness (QED) is 0.694. The molecule has 9 nitrogen and oxygen atoms in total. The molecule has 0 aromatic carbocycles. The van der Waals surface area contributed by atoms with Gasteiger partial charge in [-0.3, -0.25) is 14.6 Å². The summed E-state index contributed by atoms with van der Waals surface area (Å²) in [7, 11) is 4.86. The fraction of sp³-hybridized carbons (Fsp3) is 0.286. The third-order valence-corrected chi connectivity index (χ3v) is 5.48. The normalized spacial score (nSPS) is 20.6. The Morgan fingerprint density at radius 3 is 2.84 bits per heavy atom. The van der Waals surface area contributed by atoms with Crippen molar-refractivity contribution in [3.63, 3.8) is 0 Å². The second-order valence-corrected chi connectivity index (χ2v) is 7.55. The SMILES string of the molecule is CN1C(=O)C2C(=NC(Sc3nc4ncc(Br)cc4[nH]3)=[N+]2C)N(C)C1=O. The highest BCUT2D eigenvalue weighted by molar-refractivity contribution is 9.10. The lowest BCUT2D eigenvalue weighted by Gasteiger charge is -2.29. The number of imidazole rings is 1. The molecule has 1 atom stereocenters. The predicted octanol–water partition coefficient (Wildman–Crippen LogP) is 1.12. The van der Waals surface area contributed by atoms with Crippen LogP contribution in [0.4, 0.5) is 4.79 Å². The number of nitrogens with zero attached hydrogens (tertiary/aromatic N) is 6. The highest BCUT2D eigenvalue weighted by Gasteiger charge is 2.52. The molecule has 1 N–H and O–H groups in total. The summed E-state index contributed by atoms with van der Waals surface area (Å²) in [6, 6.07) is 0.892. The smallest absolute Gasteiger partial charge is 0.331 e. The van der Waals surface area contributed by atoms with E-state index in [-0.39, 0.29) is 5.91 Å². The van der Waals surface area contributed by atoms with Crippen LogP contribution >= 0.6 is 27.7 Å². The number of aliphatic imine (C=N–C) groups is 1. The zero-order chi connectivity index (χ0) is 17.9. The van der Waals surface area contributed by atoms with Crippen molar-refractivity contribution >= 4 is 61.8 Å². The Kier molecular flexibility index (Phi) is 3.65. The van der Waals surface area contributed by atoms with E-state index in [1.54, 1.807) is 24.9 Å². The number of rotatable bonds is 1. The van der Waals surface area contributed by atoms with Gasteiger partial charge in [-0.15, -0.1) is 0 Å². The van der Waals surface area contributed by atoms with Crippen molar-refractivity contribution in [2.75, 3.05) is 21.1 Å². The lowest BCUT2D eigenvalue weighted by Crippen LogP contribution is -2.61. The number of amides is 3. The van der Waals surface area contributed by atoms with Crippen LogP contribution in [0.15, 0.2) is 26.9 Å². The Morgan fingerprint density at radius 2 is 2.08 bits per heavy atom. The number of carbonyl (C=O) groups is 2. The number of amidine groups is 2. The van der Waals surface area contributed by atoms with Gasteiger partial charge in [0.1, 0.15) is 0 Å². The molecule has 1 saturated heterocycles. The lowest BCUT2D eigenvalue weighted by molar-refractivity contribution is -0.502. The number of thioether (sulfide) groups is 1. The van der Waals surface area contributed by atoms with Crippen LogP contribution in [0.5, 0.6) is 0 Å². The van der Waals surface area contributed by atoms with Crippen LogP contribution in [0.25, 0.3) is 11.2 Å². The van der Waals surface area contributed by atoms with Gasteiger partial charge < -0.3 is 4.98 Å². The molecular formula is C14H13BrN7O2S+. The van der Waals surface area contributed by atoms with Gasteiger partial charge in [-0.25, -0.2) is 19.3 Å². The summed E-state index contributed by atoms with van der Waals surface area (Å²) in [6.45, 7) is 0. The maximum absolute atomic E-state index is 12.4. The van der Waals surface area contributed by atoms with E-state index in [0.717, 1.165) is 14.9 Å². The van der Waals surface area contributed by atoms with Gasteiger partial charge in [0.25, 0.3) is 17.8 Å². The van der Waals surface area contributed by atoms with Crippen molar-refractivity contribution in [3.05, 3.63) is 16.7 Å². The molecule has 1 unspecified atom stereocenters. The van der Waals surface area contributed by atoms with Crippen LogP contribution in [0, 0.1) is 0 Å². The number of fused-ring (bicyclic) bond motifs is 2. The van der Waals surface area contributed by atoms with Gasteiger partial charge in [0.2, 0.25) is 0 Å². The first-order chi connectivity index (χ1) is 11.9. The molecule has 11 heteroatoms. The van der Waals surface area contributed by atoms with Crippen LogP contribution in [0.1, 0.15) is 0 Å². The molecule has 0 radical (unpaired) electrons. The minimum atomic E-state index is -0.605. The minimum absolute atomic E-state index is 0.296. The fourth-order valence-corrected chi connectivity index (χ4v) is 3.92. The number of likely N-dealkylation sites (N-methyl/N-ethyl adjacent to an activating group) is 3. The molecular weight excluding hydrogens is 410 g/mol. The zero-order valence-electron chi connectivity index (χ0n) is 13.5. The molecule has 2 aromatic heterocycles. The van der Waals surface area contributed by atoms with E-state index in [0.29, 0.717) is 21.8 Å². The number of halogens is 1. The predicted molar refractivity (Wildman–Crippen MR) is 95.8 cm³/mol. The number of nitrogens with one attached hydrogen (secondary N) is 1. The lowest BCUT2D eigenvalue weighted by atomic mass is 10.2. The summed E-state index contributed by atoms with van der Waals surface area (Å²) in [6.07, 6.45) is 1.68. The number of pyridine rings is 1. The highest BCUT2D eigenvalue weighted by Crippen LogP contribution is 2.26. The molecule has 0 saturated carbocycles. The van der Waals surface area contributed by atoms with Crippen molar-refractivity contribution in [1.29, 1.82) is 0 Å². The maximum atomic E-state index is 12.4. The maximum Gasteiger partial charge on any atom is 0.365 e. The first-order valence-corrected chi connectivity index (χ1v) is 8.90. The monoisotopic (exact) mass is 422 g/mol. The van der Waals surface area contributed by atoms with Crippen LogP contribution in [0.3, 0.4) is 0 Å².